The molecule has 7 heteroatoms. The Morgan fingerprint density at radius 3 is 2.28 bits per heavy atom. The van der Waals surface area contributed by atoms with Crippen LogP contribution in [-0.4, -0.2) is 21.0 Å². The van der Waals surface area contributed by atoms with E-state index in [1.165, 1.54) is 18.5 Å². The summed E-state index contributed by atoms with van der Waals surface area (Å²) in [5.41, 5.74) is 2.17. The van der Waals surface area contributed by atoms with Gasteiger partial charge >= 0.3 is 5.97 Å². The second-order valence-corrected chi connectivity index (χ2v) is 5.11. The van der Waals surface area contributed by atoms with Crippen LogP contribution < -0.4 is 10.6 Å². The summed E-state index contributed by atoms with van der Waals surface area (Å²) in [6.45, 7) is 0. The Morgan fingerprint density at radius 1 is 0.960 bits per heavy atom. The summed E-state index contributed by atoms with van der Waals surface area (Å²) in [6, 6.07) is 17.2. The topological polar surface area (TPSA) is 111 Å². The summed E-state index contributed by atoms with van der Waals surface area (Å²) in [4.78, 5) is 19.3. The smallest absolute Gasteiger partial charge is 0.335 e. The lowest BCUT2D eigenvalue weighted by atomic mass is 10.2. The summed E-state index contributed by atoms with van der Waals surface area (Å²) in [7, 11) is 0. The van der Waals surface area contributed by atoms with E-state index in [9.17, 15) is 4.79 Å². The van der Waals surface area contributed by atoms with Gasteiger partial charge in [0.15, 0.2) is 0 Å². The first-order chi connectivity index (χ1) is 12.1. The van der Waals surface area contributed by atoms with E-state index in [0.29, 0.717) is 22.9 Å². The third-order valence-electron chi connectivity index (χ3n) is 3.34. The fourth-order valence-electron chi connectivity index (χ4n) is 2.15. The van der Waals surface area contributed by atoms with E-state index in [1.807, 2.05) is 0 Å². The SMILES string of the molecule is N#Cc1ccc(Nc2cc(Nc3cccc(C(=O)O)c3)ncn2)cc1. The Morgan fingerprint density at radius 2 is 1.64 bits per heavy atom. The van der Waals surface area contributed by atoms with Crippen molar-refractivity contribution in [3.63, 3.8) is 0 Å². The van der Waals surface area contributed by atoms with Crippen molar-refractivity contribution in [2.45, 2.75) is 0 Å². The van der Waals surface area contributed by atoms with Gasteiger partial charge in [0.25, 0.3) is 0 Å². The molecule has 0 aliphatic heterocycles. The molecule has 0 amide bonds. The zero-order valence-corrected chi connectivity index (χ0v) is 13.0. The van der Waals surface area contributed by atoms with Crippen LogP contribution in [0.5, 0.6) is 0 Å². The molecule has 0 aliphatic carbocycles. The maximum absolute atomic E-state index is 11.0. The molecule has 0 bridgehead atoms. The predicted molar refractivity (Wildman–Crippen MR) is 93.2 cm³/mol. The molecular formula is C18H13N5O2. The number of aromatic nitrogens is 2. The van der Waals surface area contributed by atoms with Gasteiger partial charge in [-0.3, -0.25) is 0 Å². The molecule has 0 unspecified atom stereocenters. The standard InChI is InChI=1S/C18H13N5O2/c19-10-12-4-6-14(7-5-12)22-16-9-17(21-11-20-16)23-15-3-1-2-13(8-15)18(24)25/h1-9,11H,(H,24,25)(H2,20,21,22,23). The van der Waals surface area contributed by atoms with Crippen LogP contribution in [0.4, 0.5) is 23.0 Å². The molecule has 0 saturated carbocycles. The summed E-state index contributed by atoms with van der Waals surface area (Å²) in [6.07, 6.45) is 1.40. The summed E-state index contributed by atoms with van der Waals surface area (Å²) in [5, 5.41) is 24.0. The molecule has 7 nitrogen and oxygen atoms in total. The second-order valence-electron chi connectivity index (χ2n) is 5.11. The van der Waals surface area contributed by atoms with Crippen molar-refractivity contribution in [3.05, 3.63) is 72.1 Å². The number of benzene rings is 2. The number of nitrogens with one attached hydrogen (secondary N) is 2. The van der Waals surface area contributed by atoms with Crippen molar-refractivity contribution < 1.29 is 9.90 Å². The van der Waals surface area contributed by atoms with E-state index >= 15 is 0 Å². The van der Waals surface area contributed by atoms with Crippen molar-refractivity contribution in [1.29, 1.82) is 5.26 Å². The highest BCUT2D eigenvalue weighted by Crippen LogP contribution is 2.20. The van der Waals surface area contributed by atoms with Crippen LogP contribution >= 0.6 is 0 Å². The zero-order chi connectivity index (χ0) is 17.6. The van der Waals surface area contributed by atoms with Crippen molar-refractivity contribution in [1.82, 2.24) is 9.97 Å². The monoisotopic (exact) mass is 331 g/mol. The number of rotatable bonds is 5. The van der Waals surface area contributed by atoms with Crippen LogP contribution in [0.1, 0.15) is 15.9 Å². The third-order valence-corrected chi connectivity index (χ3v) is 3.34. The highest BCUT2D eigenvalue weighted by Gasteiger charge is 2.05. The minimum absolute atomic E-state index is 0.190. The first-order valence-corrected chi connectivity index (χ1v) is 7.34. The summed E-state index contributed by atoms with van der Waals surface area (Å²) >= 11 is 0. The van der Waals surface area contributed by atoms with Gasteiger partial charge in [-0.15, -0.1) is 0 Å². The number of carbonyl (C=O) groups is 1. The van der Waals surface area contributed by atoms with Gasteiger partial charge in [0.1, 0.15) is 18.0 Å². The first kappa shape index (κ1) is 16.0. The Bertz CT molecular complexity index is 948. The van der Waals surface area contributed by atoms with E-state index in [-0.39, 0.29) is 5.56 Å². The van der Waals surface area contributed by atoms with E-state index in [2.05, 4.69) is 26.7 Å². The van der Waals surface area contributed by atoms with Crippen LogP contribution in [0.15, 0.2) is 60.9 Å². The van der Waals surface area contributed by atoms with Gasteiger partial charge in [-0.1, -0.05) is 6.07 Å². The molecular weight excluding hydrogens is 318 g/mol. The number of carboxylic acid groups (broad SMARTS) is 1. The fourth-order valence-corrected chi connectivity index (χ4v) is 2.15. The number of nitrogens with zero attached hydrogens (tertiary/aromatic N) is 3. The molecule has 25 heavy (non-hydrogen) atoms. The maximum Gasteiger partial charge on any atom is 0.335 e. The second kappa shape index (κ2) is 7.10. The fraction of sp³-hybridized carbons (Fsp3) is 0. The van der Waals surface area contributed by atoms with Crippen molar-refractivity contribution in [2.24, 2.45) is 0 Å². The van der Waals surface area contributed by atoms with Crippen molar-refractivity contribution >= 4 is 29.0 Å². The molecule has 0 spiro atoms. The molecule has 0 saturated heterocycles. The minimum atomic E-state index is -0.991. The van der Waals surface area contributed by atoms with Crippen molar-refractivity contribution in [2.75, 3.05) is 10.6 Å². The molecule has 0 aliphatic rings. The van der Waals surface area contributed by atoms with E-state index < -0.39 is 5.97 Å². The molecule has 0 fully saturated rings. The summed E-state index contributed by atoms with van der Waals surface area (Å²) < 4.78 is 0. The number of hydrogen-bond donors (Lipinski definition) is 3. The van der Waals surface area contributed by atoms with Gasteiger partial charge in [-0.05, 0) is 42.5 Å². The van der Waals surface area contributed by atoms with Gasteiger partial charge in [0.2, 0.25) is 0 Å². The van der Waals surface area contributed by atoms with E-state index in [1.54, 1.807) is 42.5 Å². The van der Waals surface area contributed by atoms with Crippen LogP contribution in [0.2, 0.25) is 0 Å². The van der Waals surface area contributed by atoms with E-state index in [4.69, 9.17) is 10.4 Å². The summed E-state index contributed by atoms with van der Waals surface area (Å²) in [5.74, 6) is 0.0970. The minimum Gasteiger partial charge on any atom is -0.478 e. The Kier molecular flexibility index (Phi) is 4.53. The number of anilines is 4. The first-order valence-electron chi connectivity index (χ1n) is 7.34. The third kappa shape index (κ3) is 4.09. The maximum atomic E-state index is 11.0. The molecule has 122 valence electrons. The highest BCUT2D eigenvalue weighted by molar-refractivity contribution is 5.89. The molecule has 1 aromatic heterocycles. The van der Waals surface area contributed by atoms with Crippen LogP contribution in [0.3, 0.4) is 0 Å². The van der Waals surface area contributed by atoms with Crippen LogP contribution in [-0.2, 0) is 0 Å². The quantitative estimate of drug-likeness (QED) is 0.655. The Hall–Kier alpha value is -3.92. The van der Waals surface area contributed by atoms with Gasteiger partial charge in [0.05, 0.1) is 17.2 Å². The molecule has 3 N–H and O–H groups in total. The van der Waals surface area contributed by atoms with Crippen LogP contribution in [0, 0.1) is 11.3 Å². The molecule has 0 radical (unpaired) electrons. The lowest BCUT2D eigenvalue weighted by Crippen LogP contribution is -2.00. The molecule has 3 aromatic rings. The van der Waals surface area contributed by atoms with Crippen molar-refractivity contribution in [3.8, 4) is 6.07 Å². The zero-order valence-electron chi connectivity index (χ0n) is 13.0. The average Bonchev–Trinajstić information content (AvgIpc) is 2.63. The van der Waals surface area contributed by atoms with Gasteiger partial charge < -0.3 is 15.7 Å². The van der Waals surface area contributed by atoms with Gasteiger partial charge in [-0.25, -0.2) is 14.8 Å². The predicted octanol–water partition coefficient (Wildman–Crippen LogP) is 3.53. The lowest BCUT2D eigenvalue weighted by molar-refractivity contribution is 0.0697. The number of nitriles is 1. The Labute approximate surface area is 143 Å². The Balaban J connectivity index is 1.76. The van der Waals surface area contributed by atoms with E-state index in [0.717, 1.165) is 5.69 Å². The number of aromatic carboxylic acids is 1. The number of carboxylic acids is 1. The molecule has 2 aromatic carbocycles. The molecule has 0 atom stereocenters. The average molecular weight is 331 g/mol. The lowest BCUT2D eigenvalue weighted by Gasteiger charge is -2.09. The highest BCUT2D eigenvalue weighted by atomic mass is 16.4. The van der Waals surface area contributed by atoms with Crippen LogP contribution in [0.25, 0.3) is 0 Å². The number of hydrogen-bond acceptors (Lipinski definition) is 6. The molecule has 1 heterocycles. The van der Waals surface area contributed by atoms with Gasteiger partial charge in [-0.2, -0.15) is 5.26 Å². The normalized spacial score (nSPS) is 9.88. The van der Waals surface area contributed by atoms with Gasteiger partial charge in [0, 0.05) is 17.4 Å². The largest absolute Gasteiger partial charge is 0.478 e. The molecule has 3 rings (SSSR count).